The smallest absolute Gasteiger partial charge is 0.241 e. The van der Waals surface area contributed by atoms with Crippen LogP contribution in [-0.2, 0) is 9.53 Å². The third-order valence-electron chi connectivity index (χ3n) is 4.47. The zero-order valence-electron chi connectivity index (χ0n) is 13.6. The minimum Gasteiger partial charge on any atom is -0.491 e. The molecule has 2 aliphatic heterocycles. The average Bonchev–Trinajstić information content (AvgIpc) is 3.13. The van der Waals surface area contributed by atoms with Gasteiger partial charge in [0.1, 0.15) is 12.4 Å². The van der Waals surface area contributed by atoms with Crippen molar-refractivity contribution in [2.45, 2.75) is 38.2 Å². The minimum atomic E-state index is 0.184. The van der Waals surface area contributed by atoms with E-state index in [0.29, 0.717) is 13.2 Å². The molecule has 0 aliphatic carbocycles. The summed E-state index contributed by atoms with van der Waals surface area (Å²) in [5.74, 6) is 1.02. The second-order valence-corrected chi connectivity index (χ2v) is 6.27. The predicted molar refractivity (Wildman–Crippen MR) is 89.8 cm³/mol. The number of ether oxygens (including phenoxy) is 2. The standard InChI is InChI=1S/C18H26N2O3/c21-18(20-10-2-1-3-11-20)13-19-15-6-8-16(9-7-15)23-14-17-5-4-12-22-17/h6-9,17,19H,1-5,10-14H2. The van der Waals surface area contributed by atoms with Crippen LogP contribution < -0.4 is 10.1 Å². The van der Waals surface area contributed by atoms with E-state index in [2.05, 4.69) is 5.32 Å². The lowest BCUT2D eigenvalue weighted by Crippen LogP contribution is -2.39. The van der Waals surface area contributed by atoms with Crippen LogP contribution in [0, 0.1) is 0 Å². The number of amides is 1. The van der Waals surface area contributed by atoms with Gasteiger partial charge in [-0.2, -0.15) is 0 Å². The minimum absolute atomic E-state index is 0.184. The van der Waals surface area contributed by atoms with Crippen molar-refractivity contribution in [2.24, 2.45) is 0 Å². The van der Waals surface area contributed by atoms with E-state index in [9.17, 15) is 4.79 Å². The zero-order chi connectivity index (χ0) is 15.9. The molecule has 1 aromatic rings. The van der Waals surface area contributed by atoms with Crippen LogP contribution in [0.1, 0.15) is 32.1 Å². The fourth-order valence-electron chi connectivity index (χ4n) is 3.07. The molecule has 23 heavy (non-hydrogen) atoms. The van der Waals surface area contributed by atoms with Crippen LogP contribution >= 0.6 is 0 Å². The molecule has 5 nitrogen and oxygen atoms in total. The van der Waals surface area contributed by atoms with Gasteiger partial charge < -0.3 is 19.7 Å². The number of nitrogens with zero attached hydrogens (tertiary/aromatic N) is 1. The molecular formula is C18H26N2O3. The molecule has 5 heteroatoms. The van der Waals surface area contributed by atoms with Crippen molar-refractivity contribution in [3.05, 3.63) is 24.3 Å². The van der Waals surface area contributed by atoms with Crippen molar-refractivity contribution in [1.29, 1.82) is 0 Å². The Morgan fingerprint density at radius 1 is 1.17 bits per heavy atom. The Balaban J connectivity index is 1.40. The SMILES string of the molecule is O=C(CNc1ccc(OCC2CCCO2)cc1)N1CCCCC1. The lowest BCUT2D eigenvalue weighted by atomic mass is 10.1. The van der Waals surface area contributed by atoms with Crippen molar-refractivity contribution < 1.29 is 14.3 Å². The maximum absolute atomic E-state index is 12.1. The lowest BCUT2D eigenvalue weighted by Gasteiger charge is -2.26. The highest BCUT2D eigenvalue weighted by molar-refractivity contribution is 5.80. The molecule has 2 heterocycles. The normalized spacial score (nSPS) is 21.2. The molecule has 3 rings (SSSR count). The number of carbonyl (C=O) groups is 1. The number of carbonyl (C=O) groups excluding carboxylic acids is 1. The molecular weight excluding hydrogens is 292 g/mol. The summed E-state index contributed by atoms with van der Waals surface area (Å²) in [5.41, 5.74) is 0.944. The van der Waals surface area contributed by atoms with Crippen LogP contribution in [0.2, 0.25) is 0 Å². The summed E-state index contributed by atoms with van der Waals surface area (Å²) in [4.78, 5) is 14.1. The van der Waals surface area contributed by atoms with Gasteiger partial charge in [0.15, 0.2) is 0 Å². The highest BCUT2D eigenvalue weighted by Crippen LogP contribution is 2.18. The number of rotatable bonds is 6. The van der Waals surface area contributed by atoms with Gasteiger partial charge in [-0.25, -0.2) is 0 Å². The molecule has 0 bridgehead atoms. The molecule has 0 radical (unpaired) electrons. The molecule has 1 aromatic carbocycles. The molecule has 1 atom stereocenters. The van der Waals surface area contributed by atoms with E-state index in [1.54, 1.807) is 0 Å². The Morgan fingerprint density at radius 2 is 1.96 bits per heavy atom. The number of anilines is 1. The van der Waals surface area contributed by atoms with Crippen molar-refractivity contribution in [2.75, 3.05) is 38.2 Å². The number of hydrogen-bond donors (Lipinski definition) is 1. The highest BCUT2D eigenvalue weighted by Gasteiger charge is 2.17. The van der Waals surface area contributed by atoms with Gasteiger partial charge >= 0.3 is 0 Å². The van der Waals surface area contributed by atoms with Crippen LogP contribution in [0.15, 0.2) is 24.3 Å². The Labute approximate surface area is 137 Å². The first kappa shape index (κ1) is 16.1. The summed E-state index contributed by atoms with van der Waals surface area (Å²) in [5, 5.41) is 3.19. The lowest BCUT2D eigenvalue weighted by molar-refractivity contribution is -0.130. The molecule has 0 aromatic heterocycles. The monoisotopic (exact) mass is 318 g/mol. The molecule has 0 spiro atoms. The molecule has 1 amide bonds. The Hall–Kier alpha value is -1.75. The van der Waals surface area contributed by atoms with Crippen LogP contribution in [0.4, 0.5) is 5.69 Å². The van der Waals surface area contributed by atoms with E-state index < -0.39 is 0 Å². The first-order chi connectivity index (χ1) is 11.3. The van der Waals surface area contributed by atoms with Gasteiger partial charge in [0.25, 0.3) is 0 Å². The molecule has 2 aliphatic rings. The number of benzene rings is 1. The van der Waals surface area contributed by atoms with Crippen LogP contribution in [0.5, 0.6) is 5.75 Å². The fourth-order valence-corrected chi connectivity index (χ4v) is 3.07. The van der Waals surface area contributed by atoms with E-state index in [1.165, 1.54) is 6.42 Å². The third kappa shape index (κ3) is 4.86. The summed E-state index contributed by atoms with van der Waals surface area (Å²) in [7, 11) is 0. The molecule has 2 saturated heterocycles. The number of piperidine rings is 1. The second kappa shape index (κ2) is 8.20. The Morgan fingerprint density at radius 3 is 2.65 bits per heavy atom. The molecule has 0 saturated carbocycles. The summed E-state index contributed by atoms with van der Waals surface area (Å²) < 4.78 is 11.3. The van der Waals surface area contributed by atoms with Crippen LogP contribution in [-0.4, -0.2) is 49.8 Å². The van der Waals surface area contributed by atoms with Gasteiger partial charge in [0.2, 0.25) is 5.91 Å². The van der Waals surface area contributed by atoms with Gasteiger partial charge in [-0.05, 0) is 56.4 Å². The van der Waals surface area contributed by atoms with Crippen molar-refractivity contribution in [3.63, 3.8) is 0 Å². The van der Waals surface area contributed by atoms with Crippen molar-refractivity contribution in [3.8, 4) is 5.75 Å². The maximum atomic E-state index is 12.1. The summed E-state index contributed by atoms with van der Waals surface area (Å²) >= 11 is 0. The van der Waals surface area contributed by atoms with Crippen molar-refractivity contribution in [1.82, 2.24) is 4.90 Å². The first-order valence-corrected chi connectivity index (χ1v) is 8.67. The molecule has 1 unspecified atom stereocenters. The van der Waals surface area contributed by atoms with E-state index in [0.717, 1.165) is 56.8 Å². The van der Waals surface area contributed by atoms with E-state index in [4.69, 9.17) is 9.47 Å². The number of hydrogen-bond acceptors (Lipinski definition) is 4. The van der Waals surface area contributed by atoms with Crippen LogP contribution in [0.25, 0.3) is 0 Å². The average molecular weight is 318 g/mol. The second-order valence-electron chi connectivity index (χ2n) is 6.27. The highest BCUT2D eigenvalue weighted by atomic mass is 16.5. The van der Waals surface area contributed by atoms with E-state index >= 15 is 0 Å². The third-order valence-corrected chi connectivity index (χ3v) is 4.47. The number of likely N-dealkylation sites (tertiary alicyclic amines) is 1. The van der Waals surface area contributed by atoms with Gasteiger partial charge in [-0.15, -0.1) is 0 Å². The van der Waals surface area contributed by atoms with Gasteiger partial charge in [-0.3, -0.25) is 4.79 Å². The Bertz CT molecular complexity index is 491. The Kier molecular flexibility index (Phi) is 5.75. The molecule has 2 fully saturated rings. The maximum Gasteiger partial charge on any atom is 0.241 e. The van der Waals surface area contributed by atoms with Crippen molar-refractivity contribution >= 4 is 11.6 Å². The first-order valence-electron chi connectivity index (χ1n) is 8.67. The topological polar surface area (TPSA) is 50.8 Å². The summed E-state index contributed by atoms with van der Waals surface area (Å²) in [6.45, 7) is 3.62. The van der Waals surface area contributed by atoms with Gasteiger partial charge in [0, 0.05) is 25.4 Å². The number of nitrogens with one attached hydrogen (secondary N) is 1. The van der Waals surface area contributed by atoms with Crippen LogP contribution in [0.3, 0.4) is 0 Å². The van der Waals surface area contributed by atoms with Gasteiger partial charge in [0.05, 0.1) is 12.6 Å². The van der Waals surface area contributed by atoms with Gasteiger partial charge in [-0.1, -0.05) is 0 Å². The zero-order valence-corrected chi connectivity index (χ0v) is 13.6. The largest absolute Gasteiger partial charge is 0.491 e. The fraction of sp³-hybridized carbons (Fsp3) is 0.611. The molecule has 126 valence electrons. The quantitative estimate of drug-likeness (QED) is 0.876. The predicted octanol–water partition coefficient (Wildman–Crippen LogP) is 2.67. The summed E-state index contributed by atoms with van der Waals surface area (Å²) in [6.07, 6.45) is 5.94. The van der Waals surface area contributed by atoms with E-state index in [-0.39, 0.29) is 12.0 Å². The van der Waals surface area contributed by atoms with E-state index in [1.807, 2.05) is 29.2 Å². The molecule has 1 N–H and O–H groups in total. The summed E-state index contributed by atoms with van der Waals surface area (Å²) in [6, 6.07) is 7.77.